The molecule has 0 aliphatic heterocycles. The second-order valence-electron chi connectivity index (χ2n) is 10.8. The lowest BCUT2D eigenvalue weighted by molar-refractivity contribution is -0.123. The fraction of sp³-hybridized carbons (Fsp3) is 0.739. The molecular formula is C23H35N3O4S. The Kier molecular flexibility index (Phi) is 5.21. The van der Waals surface area contributed by atoms with Crippen molar-refractivity contribution in [2.24, 2.45) is 44.8 Å². The summed E-state index contributed by atoms with van der Waals surface area (Å²) >= 11 is 0. The fourth-order valence-electron chi connectivity index (χ4n) is 7.35. The van der Waals surface area contributed by atoms with Gasteiger partial charge >= 0.3 is 0 Å². The summed E-state index contributed by atoms with van der Waals surface area (Å²) in [6.07, 6.45) is 10.2. The Morgan fingerprint density at radius 3 is 2.52 bits per heavy atom. The van der Waals surface area contributed by atoms with Crippen LogP contribution < -0.4 is 4.83 Å². The van der Waals surface area contributed by atoms with Crippen molar-refractivity contribution in [2.45, 2.75) is 64.9 Å². The molecule has 0 aromatic heterocycles. The minimum Gasteiger partial charge on any atom is -0.411 e. The lowest BCUT2D eigenvalue weighted by Gasteiger charge is -2.60. The Hall–Kier alpha value is -1.67. The number of oxime groups is 1. The SMILES string of the molecule is C=C[C@@H]1CC2=CC(=NNS(C)(=O)=O)C(=NO)C[C@]2(C)[C@H]2CC[C@@]3(C)[C@@H](CC[C@]3(C)O)[C@H]12. The van der Waals surface area contributed by atoms with Crippen molar-refractivity contribution in [1.29, 1.82) is 0 Å². The lowest BCUT2D eigenvalue weighted by Crippen LogP contribution is -2.56. The van der Waals surface area contributed by atoms with E-state index in [9.17, 15) is 18.7 Å². The summed E-state index contributed by atoms with van der Waals surface area (Å²) in [5, 5.41) is 28.4. The Labute approximate surface area is 185 Å². The van der Waals surface area contributed by atoms with E-state index in [1.807, 2.05) is 13.0 Å². The average Bonchev–Trinajstić information content (AvgIpc) is 2.93. The molecule has 0 aromatic rings. The molecule has 31 heavy (non-hydrogen) atoms. The summed E-state index contributed by atoms with van der Waals surface area (Å²) in [7, 11) is -3.51. The molecule has 0 bridgehead atoms. The van der Waals surface area contributed by atoms with Crippen LogP contribution in [0.5, 0.6) is 0 Å². The number of nitrogens with one attached hydrogen (secondary N) is 1. The summed E-state index contributed by atoms with van der Waals surface area (Å²) < 4.78 is 23.0. The Morgan fingerprint density at radius 1 is 1.23 bits per heavy atom. The zero-order valence-electron chi connectivity index (χ0n) is 18.9. The first-order chi connectivity index (χ1) is 14.4. The number of hydrogen-bond acceptors (Lipinski definition) is 6. The van der Waals surface area contributed by atoms with Crippen LogP contribution in [0.25, 0.3) is 0 Å². The molecule has 4 rings (SSSR count). The van der Waals surface area contributed by atoms with E-state index in [2.05, 4.69) is 41.6 Å². The van der Waals surface area contributed by atoms with Crippen molar-refractivity contribution < 1.29 is 18.7 Å². The van der Waals surface area contributed by atoms with Gasteiger partial charge in [0.05, 0.1) is 11.9 Å². The number of fused-ring (bicyclic) bond motifs is 5. The number of hydrazone groups is 1. The maximum Gasteiger partial charge on any atom is 0.244 e. The summed E-state index contributed by atoms with van der Waals surface area (Å²) in [4.78, 5) is 2.17. The smallest absolute Gasteiger partial charge is 0.244 e. The molecule has 0 aromatic carbocycles. The van der Waals surface area contributed by atoms with Gasteiger partial charge in [-0.2, -0.15) is 5.10 Å². The van der Waals surface area contributed by atoms with Crippen molar-refractivity contribution in [2.75, 3.05) is 6.26 Å². The molecule has 8 heteroatoms. The van der Waals surface area contributed by atoms with Gasteiger partial charge in [-0.15, -0.1) is 6.58 Å². The van der Waals surface area contributed by atoms with E-state index >= 15 is 0 Å². The standard InChI is InChI=1S/C23H35N3O4S/c1-6-14-11-15-12-18(24-26-31(5,29)30)19(25-28)13-21(15,2)16-7-9-22(3)17(20(14)16)8-10-23(22,4)27/h6,12,14,16-17,20,26-28H,1,7-11,13H2,2-5H3/t14-,16+,17+,20-,21+,22+,23+/m1/s1. The molecule has 0 spiro atoms. The summed E-state index contributed by atoms with van der Waals surface area (Å²) in [5.74, 6) is 1.52. The van der Waals surface area contributed by atoms with Crippen LogP contribution in [0, 0.1) is 34.5 Å². The molecule has 0 radical (unpaired) electrons. The first kappa shape index (κ1) is 22.5. The van der Waals surface area contributed by atoms with Crippen LogP contribution in [0.15, 0.2) is 34.6 Å². The molecule has 0 amide bonds. The van der Waals surface area contributed by atoms with Crippen molar-refractivity contribution in [3.63, 3.8) is 0 Å². The zero-order chi connectivity index (χ0) is 22.8. The summed E-state index contributed by atoms with van der Waals surface area (Å²) in [6, 6.07) is 0. The van der Waals surface area contributed by atoms with Crippen LogP contribution in [0.2, 0.25) is 0 Å². The third-order valence-corrected chi connectivity index (χ3v) is 9.72. The van der Waals surface area contributed by atoms with Crippen molar-refractivity contribution >= 4 is 21.4 Å². The van der Waals surface area contributed by atoms with Crippen LogP contribution >= 0.6 is 0 Å². The van der Waals surface area contributed by atoms with Gasteiger partial charge in [0.2, 0.25) is 10.0 Å². The number of hydrogen-bond donors (Lipinski definition) is 3. The molecule has 7 nitrogen and oxygen atoms in total. The predicted octanol–water partition coefficient (Wildman–Crippen LogP) is 3.46. The first-order valence-electron chi connectivity index (χ1n) is 11.2. The maximum absolute atomic E-state index is 11.5. The highest BCUT2D eigenvalue weighted by Crippen LogP contribution is 2.68. The van der Waals surface area contributed by atoms with E-state index in [1.165, 1.54) is 5.57 Å². The van der Waals surface area contributed by atoms with E-state index < -0.39 is 15.6 Å². The van der Waals surface area contributed by atoms with Gasteiger partial charge in [-0.25, -0.2) is 13.2 Å². The third kappa shape index (κ3) is 3.37. The molecule has 4 aliphatic carbocycles. The number of aliphatic hydroxyl groups is 1. The largest absolute Gasteiger partial charge is 0.411 e. The van der Waals surface area contributed by atoms with Crippen LogP contribution in [-0.4, -0.2) is 42.0 Å². The fourth-order valence-corrected chi connectivity index (χ4v) is 7.62. The van der Waals surface area contributed by atoms with Crippen molar-refractivity contribution in [3.05, 3.63) is 24.3 Å². The Bertz CT molecular complexity index is 983. The molecule has 3 saturated carbocycles. The topological polar surface area (TPSA) is 111 Å². The highest BCUT2D eigenvalue weighted by Gasteiger charge is 2.64. The van der Waals surface area contributed by atoms with Gasteiger partial charge < -0.3 is 10.3 Å². The third-order valence-electron chi connectivity index (χ3n) is 9.29. The highest BCUT2D eigenvalue weighted by atomic mass is 32.2. The normalized spacial score (nSPS) is 47.3. The summed E-state index contributed by atoms with van der Waals surface area (Å²) in [6.45, 7) is 10.7. The molecule has 0 saturated heterocycles. The van der Waals surface area contributed by atoms with E-state index in [-0.39, 0.29) is 10.8 Å². The van der Waals surface area contributed by atoms with Gasteiger partial charge in [-0.1, -0.05) is 30.7 Å². The van der Waals surface area contributed by atoms with Crippen molar-refractivity contribution in [1.82, 2.24) is 4.83 Å². The monoisotopic (exact) mass is 449 g/mol. The highest BCUT2D eigenvalue weighted by molar-refractivity contribution is 7.88. The minimum absolute atomic E-state index is 0.0956. The Morgan fingerprint density at radius 2 is 1.90 bits per heavy atom. The molecule has 3 fully saturated rings. The molecular weight excluding hydrogens is 414 g/mol. The van der Waals surface area contributed by atoms with Gasteiger partial charge in [0.25, 0.3) is 0 Å². The number of sulfonamides is 1. The van der Waals surface area contributed by atoms with E-state index in [0.717, 1.165) is 38.4 Å². The minimum atomic E-state index is -3.51. The zero-order valence-corrected chi connectivity index (χ0v) is 19.7. The van der Waals surface area contributed by atoms with Gasteiger partial charge in [-0.3, -0.25) is 0 Å². The second-order valence-corrected chi connectivity index (χ2v) is 12.6. The molecule has 7 atom stereocenters. The molecule has 0 heterocycles. The van der Waals surface area contributed by atoms with Crippen molar-refractivity contribution in [3.8, 4) is 0 Å². The van der Waals surface area contributed by atoms with E-state index in [1.54, 1.807) is 0 Å². The Balaban J connectivity index is 1.76. The number of rotatable bonds is 3. The van der Waals surface area contributed by atoms with Gasteiger partial charge in [0.15, 0.2) is 0 Å². The average molecular weight is 450 g/mol. The van der Waals surface area contributed by atoms with Crippen LogP contribution in [0.4, 0.5) is 0 Å². The number of nitrogens with zero attached hydrogens (tertiary/aromatic N) is 2. The first-order valence-corrected chi connectivity index (χ1v) is 13.1. The second kappa shape index (κ2) is 7.17. The van der Waals surface area contributed by atoms with Crippen LogP contribution in [-0.2, 0) is 10.0 Å². The van der Waals surface area contributed by atoms with Crippen LogP contribution in [0.1, 0.15) is 59.3 Å². The summed E-state index contributed by atoms with van der Waals surface area (Å²) in [5.41, 5.74) is 1.06. The molecule has 4 aliphatic rings. The molecule has 3 N–H and O–H groups in total. The van der Waals surface area contributed by atoms with Gasteiger partial charge in [-0.05, 0) is 79.6 Å². The molecule has 172 valence electrons. The van der Waals surface area contributed by atoms with Gasteiger partial charge in [0, 0.05) is 6.42 Å². The van der Waals surface area contributed by atoms with Gasteiger partial charge in [0.1, 0.15) is 11.4 Å². The molecule has 0 unspecified atom stereocenters. The van der Waals surface area contributed by atoms with E-state index in [0.29, 0.717) is 41.5 Å². The number of allylic oxidation sites excluding steroid dienone is 3. The maximum atomic E-state index is 11.5. The van der Waals surface area contributed by atoms with Crippen LogP contribution in [0.3, 0.4) is 0 Å². The quantitative estimate of drug-likeness (QED) is 0.348. The van der Waals surface area contributed by atoms with E-state index in [4.69, 9.17) is 0 Å². The lowest BCUT2D eigenvalue weighted by atomic mass is 9.44. The predicted molar refractivity (Wildman–Crippen MR) is 121 cm³/mol.